The number of rotatable bonds is 12. The van der Waals surface area contributed by atoms with Gasteiger partial charge in [0, 0.05) is 43.1 Å². The molecule has 1 heterocycles. The van der Waals surface area contributed by atoms with E-state index in [-0.39, 0.29) is 19.4 Å². The highest BCUT2D eigenvalue weighted by Gasteiger charge is 2.30. The van der Waals surface area contributed by atoms with Crippen molar-refractivity contribution in [1.29, 1.82) is 0 Å². The smallest absolute Gasteiger partial charge is 0.416 e. The van der Waals surface area contributed by atoms with E-state index in [2.05, 4.69) is 9.72 Å². The van der Waals surface area contributed by atoms with E-state index in [9.17, 15) is 22.4 Å². The van der Waals surface area contributed by atoms with Crippen molar-refractivity contribution >= 4 is 22.4 Å². The van der Waals surface area contributed by atoms with Gasteiger partial charge < -0.3 is 20.1 Å². The van der Waals surface area contributed by atoms with Gasteiger partial charge in [-0.25, -0.2) is 9.37 Å². The summed E-state index contributed by atoms with van der Waals surface area (Å²) in [5, 5.41) is 2.53. The van der Waals surface area contributed by atoms with Crippen molar-refractivity contribution in [2.75, 3.05) is 25.1 Å². The molecule has 11 heteroatoms. The summed E-state index contributed by atoms with van der Waals surface area (Å²) in [7, 11) is 1.30. The van der Waals surface area contributed by atoms with Gasteiger partial charge in [-0.15, -0.1) is 11.3 Å². The number of aryl methyl sites for hydroxylation is 1. The second-order valence-corrected chi connectivity index (χ2v) is 10.1. The summed E-state index contributed by atoms with van der Waals surface area (Å²) >= 11 is 1.40. The Labute approximate surface area is 239 Å². The molecule has 0 spiro atoms. The van der Waals surface area contributed by atoms with Gasteiger partial charge in [0.25, 0.3) is 0 Å². The summed E-state index contributed by atoms with van der Waals surface area (Å²) in [5.74, 6) is -0.450. The number of hydrogen-bond donors (Lipinski definition) is 1. The lowest BCUT2D eigenvalue weighted by atomic mass is 10.1. The fourth-order valence-corrected chi connectivity index (χ4v) is 4.92. The quantitative estimate of drug-likeness (QED) is 0.148. The van der Waals surface area contributed by atoms with Gasteiger partial charge in [0.2, 0.25) is 0 Å². The normalized spacial score (nSPS) is 11.4. The summed E-state index contributed by atoms with van der Waals surface area (Å²) < 4.78 is 63.4. The van der Waals surface area contributed by atoms with Gasteiger partial charge in [0.05, 0.1) is 18.4 Å². The van der Waals surface area contributed by atoms with Crippen molar-refractivity contribution in [3.8, 4) is 17.0 Å². The van der Waals surface area contributed by atoms with Gasteiger partial charge >= 0.3 is 12.1 Å². The molecule has 0 aliphatic rings. The number of hydrogen-bond acceptors (Lipinski definition) is 7. The molecule has 4 aromatic rings. The zero-order valence-electron chi connectivity index (χ0n) is 22.3. The molecule has 2 N–H and O–H groups in total. The fraction of sp³-hybridized carbons (Fsp3) is 0.267. The predicted molar refractivity (Wildman–Crippen MR) is 150 cm³/mol. The lowest BCUT2D eigenvalue weighted by molar-refractivity contribution is -0.140. The second-order valence-electron chi connectivity index (χ2n) is 9.24. The van der Waals surface area contributed by atoms with Crippen LogP contribution in [0, 0.1) is 5.82 Å². The molecule has 4 rings (SSSR count). The molecular formula is C30H29F4N3O3S. The van der Waals surface area contributed by atoms with Crippen LogP contribution < -0.4 is 15.4 Å². The first-order valence-electron chi connectivity index (χ1n) is 12.8. The minimum absolute atomic E-state index is 0.103. The number of carbonyl (C=O) groups is 1. The Morgan fingerprint density at radius 1 is 1.02 bits per heavy atom. The zero-order chi connectivity index (χ0) is 29.4. The van der Waals surface area contributed by atoms with Crippen LogP contribution in [0.2, 0.25) is 0 Å². The first-order valence-corrected chi connectivity index (χ1v) is 13.7. The van der Waals surface area contributed by atoms with Gasteiger partial charge in [-0.1, -0.05) is 42.5 Å². The predicted octanol–water partition coefficient (Wildman–Crippen LogP) is 6.62. The molecule has 0 aliphatic heterocycles. The monoisotopic (exact) mass is 587 g/mol. The zero-order valence-corrected chi connectivity index (χ0v) is 23.1. The molecule has 0 fully saturated rings. The van der Waals surface area contributed by atoms with Crippen LogP contribution >= 0.6 is 11.3 Å². The number of alkyl halides is 3. The number of esters is 1. The highest BCUT2D eigenvalue weighted by molar-refractivity contribution is 7.14. The Morgan fingerprint density at radius 2 is 1.73 bits per heavy atom. The largest absolute Gasteiger partial charge is 0.489 e. The molecular weight excluding hydrogens is 558 g/mol. The first kappa shape index (κ1) is 30.0. The topological polar surface area (TPSA) is 77.7 Å². The molecule has 0 unspecified atom stereocenters. The second kappa shape index (κ2) is 13.6. The summed E-state index contributed by atoms with van der Waals surface area (Å²) in [6, 6.07) is 17.3. The average Bonchev–Trinajstić information content (AvgIpc) is 3.46. The third-order valence-corrected chi connectivity index (χ3v) is 7.22. The minimum Gasteiger partial charge on any atom is -0.489 e. The van der Waals surface area contributed by atoms with Crippen LogP contribution in [0.4, 0.5) is 22.7 Å². The average molecular weight is 588 g/mol. The third kappa shape index (κ3) is 8.27. The standard InChI is InChI=1S/C30H29F4N3O3S/c1-39-28(38)13-9-22-8-12-25(16-26(22)31)40-18-21-4-2-20(3-5-21)17-37(15-14-35)29-36-27(19-41-29)23-6-10-24(11-7-23)30(32,33)34/h2-8,10-12,16,19H,9,13-15,17-18,35H2,1H3. The summed E-state index contributed by atoms with van der Waals surface area (Å²) in [6.45, 7) is 1.73. The SMILES string of the molecule is COC(=O)CCc1ccc(OCc2ccc(CN(CCN)c3nc(-c4ccc(C(F)(F)F)cc4)cs3)cc2)cc1F. The van der Waals surface area contributed by atoms with Crippen molar-refractivity contribution in [2.24, 2.45) is 5.73 Å². The molecule has 3 aromatic carbocycles. The van der Waals surface area contributed by atoms with E-state index in [1.54, 1.807) is 12.1 Å². The molecule has 0 atom stereocenters. The van der Waals surface area contributed by atoms with Crippen molar-refractivity contribution in [2.45, 2.75) is 32.2 Å². The number of methoxy groups -OCH3 is 1. The lowest BCUT2D eigenvalue weighted by Gasteiger charge is -2.21. The van der Waals surface area contributed by atoms with Gasteiger partial charge in [-0.05, 0) is 41.3 Å². The van der Waals surface area contributed by atoms with E-state index >= 15 is 0 Å². The fourth-order valence-electron chi connectivity index (χ4n) is 4.06. The van der Waals surface area contributed by atoms with Crippen molar-refractivity contribution in [3.05, 3.63) is 100 Å². The van der Waals surface area contributed by atoms with E-state index < -0.39 is 23.5 Å². The molecule has 0 radical (unpaired) electrons. The molecule has 0 amide bonds. The number of nitrogens with two attached hydrogens (primary N) is 1. The van der Waals surface area contributed by atoms with E-state index in [1.807, 2.05) is 34.5 Å². The van der Waals surface area contributed by atoms with Crippen LogP contribution in [-0.4, -0.2) is 31.2 Å². The Hall–Kier alpha value is -3.96. The molecule has 1 aromatic heterocycles. The highest BCUT2D eigenvalue weighted by atomic mass is 32.1. The van der Waals surface area contributed by atoms with Crippen LogP contribution in [0.15, 0.2) is 72.1 Å². The van der Waals surface area contributed by atoms with Crippen LogP contribution in [-0.2, 0) is 35.3 Å². The van der Waals surface area contributed by atoms with Crippen LogP contribution in [0.3, 0.4) is 0 Å². The molecule has 6 nitrogen and oxygen atoms in total. The Balaban J connectivity index is 1.35. The van der Waals surface area contributed by atoms with Crippen molar-refractivity contribution < 1.29 is 31.8 Å². The van der Waals surface area contributed by atoms with Crippen molar-refractivity contribution in [1.82, 2.24) is 4.98 Å². The van der Waals surface area contributed by atoms with E-state index in [4.69, 9.17) is 10.5 Å². The number of halogens is 4. The van der Waals surface area contributed by atoms with Crippen LogP contribution in [0.5, 0.6) is 5.75 Å². The molecule has 41 heavy (non-hydrogen) atoms. The van der Waals surface area contributed by atoms with E-state index in [0.29, 0.717) is 42.2 Å². The lowest BCUT2D eigenvalue weighted by Crippen LogP contribution is -2.28. The number of ether oxygens (including phenoxy) is 2. The Morgan fingerprint density at radius 3 is 2.37 bits per heavy atom. The number of benzene rings is 3. The maximum absolute atomic E-state index is 14.4. The highest BCUT2D eigenvalue weighted by Crippen LogP contribution is 2.33. The van der Waals surface area contributed by atoms with Gasteiger partial charge in [-0.2, -0.15) is 13.2 Å². The molecule has 0 saturated heterocycles. The molecule has 216 valence electrons. The molecule has 0 aliphatic carbocycles. The molecule has 0 saturated carbocycles. The maximum atomic E-state index is 14.4. The number of carbonyl (C=O) groups excluding carboxylic acids is 1. The summed E-state index contributed by atoms with van der Waals surface area (Å²) in [4.78, 5) is 18.0. The van der Waals surface area contributed by atoms with Gasteiger partial charge in [0.1, 0.15) is 18.2 Å². The Bertz CT molecular complexity index is 1440. The summed E-state index contributed by atoms with van der Waals surface area (Å²) in [5.41, 5.74) is 8.66. The van der Waals surface area contributed by atoms with Gasteiger partial charge in [0.15, 0.2) is 5.13 Å². The number of nitrogens with zero attached hydrogens (tertiary/aromatic N) is 2. The number of anilines is 1. The third-order valence-electron chi connectivity index (χ3n) is 6.32. The Kier molecular flexibility index (Phi) is 9.95. The van der Waals surface area contributed by atoms with Crippen LogP contribution in [0.25, 0.3) is 11.3 Å². The molecule has 0 bridgehead atoms. The number of thiazole rings is 1. The summed E-state index contributed by atoms with van der Waals surface area (Å²) in [6.07, 6.45) is -4.03. The van der Waals surface area contributed by atoms with E-state index in [1.165, 1.54) is 36.6 Å². The van der Waals surface area contributed by atoms with E-state index in [0.717, 1.165) is 28.4 Å². The maximum Gasteiger partial charge on any atom is 0.416 e. The number of aromatic nitrogens is 1. The van der Waals surface area contributed by atoms with Gasteiger partial charge in [-0.3, -0.25) is 4.79 Å². The minimum atomic E-state index is -4.39. The van der Waals surface area contributed by atoms with Crippen LogP contribution in [0.1, 0.15) is 28.7 Å². The first-order chi connectivity index (χ1) is 19.7. The van der Waals surface area contributed by atoms with Crippen molar-refractivity contribution in [3.63, 3.8) is 0 Å².